The third-order valence-corrected chi connectivity index (χ3v) is 2.79. The summed E-state index contributed by atoms with van der Waals surface area (Å²) < 4.78 is 53.9. The van der Waals surface area contributed by atoms with Crippen LogP contribution in [-0.2, 0) is 0 Å². The Bertz CT molecular complexity index is 703. The average molecular weight is 319 g/mol. The van der Waals surface area contributed by atoms with Crippen LogP contribution in [0.25, 0.3) is 11.3 Å². The zero-order chi connectivity index (χ0) is 16.4. The van der Waals surface area contributed by atoms with Crippen molar-refractivity contribution in [1.29, 1.82) is 0 Å². The summed E-state index contributed by atoms with van der Waals surface area (Å²) in [6, 6.07) is 4.73. The van der Waals surface area contributed by atoms with Crippen LogP contribution in [0.5, 0.6) is 5.88 Å². The van der Waals surface area contributed by atoms with E-state index < -0.39 is 24.0 Å². The maximum absolute atomic E-state index is 12.7. The minimum Gasteiger partial charge on any atom is -0.417 e. The van der Waals surface area contributed by atoms with E-state index in [1.54, 1.807) is 0 Å². The lowest BCUT2D eigenvalue weighted by molar-refractivity contribution is -0.385. The number of hydrogen-bond acceptors (Lipinski definition) is 4. The number of ether oxygens (including phenoxy) is 1. The molecule has 0 bridgehead atoms. The van der Waals surface area contributed by atoms with Gasteiger partial charge in [0.05, 0.1) is 10.6 Å². The van der Waals surface area contributed by atoms with E-state index in [4.69, 9.17) is 0 Å². The lowest BCUT2D eigenvalue weighted by Gasteiger charge is -2.05. The van der Waals surface area contributed by atoms with E-state index in [0.29, 0.717) is 0 Å². The highest BCUT2D eigenvalue weighted by Crippen LogP contribution is 2.30. The molecule has 0 aliphatic carbocycles. The molecule has 2 aromatic rings. The van der Waals surface area contributed by atoms with Gasteiger partial charge >= 0.3 is 13.2 Å². The minimum atomic E-state index is -3.28. The molecule has 10 heteroatoms. The lowest BCUT2D eigenvalue weighted by atomic mass is 10.1. The summed E-state index contributed by atoms with van der Waals surface area (Å²) in [4.78, 5) is 10.1. The molecule has 0 saturated carbocycles. The minimum absolute atomic E-state index is 0.0121. The number of nitro groups is 1. The Kier molecular flexibility index (Phi) is 4.29. The molecule has 0 spiro atoms. The molecule has 1 aromatic carbocycles. The SMILES string of the molecule is Cc1cc(-c2cc(OC(F)F)n(C(F)F)n2)ccc1[N+](=O)[O-]. The van der Waals surface area contributed by atoms with Crippen LogP contribution in [-0.4, -0.2) is 21.3 Å². The molecule has 0 unspecified atom stereocenters. The molecule has 0 aliphatic heterocycles. The first-order valence-corrected chi connectivity index (χ1v) is 5.87. The Hall–Kier alpha value is -2.65. The zero-order valence-electron chi connectivity index (χ0n) is 11.0. The van der Waals surface area contributed by atoms with Crippen molar-refractivity contribution in [1.82, 2.24) is 9.78 Å². The summed E-state index contributed by atoms with van der Waals surface area (Å²) in [5, 5.41) is 14.2. The predicted octanol–water partition coefficient (Wildman–Crippen LogP) is 3.76. The monoisotopic (exact) mass is 319 g/mol. The zero-order valence-corrected chi connectivity index (χ0v) is 11.0. The molecule has 0 fully saturated rings. The molecule has 1 heterocycles. The summed E-state index contributed by atoms with van der Waals surface area (Å²) in [5.41, 5.74) is 0.335. The summed E-state index contributed by atoms with van der Waals surface area (Å²) in [7, 11) is 0. The molecular formula is C12H9F4N3O3. The van der Waals surface area contributed by atoms with Crippen molar-refractivity contribution in [3.63, 3.8) is 0 Å². The number of nitrogens with zero attached hydrogens (tertiary/aromatic N) is 3. The molecule has 0 N–H and O–H groups in total. The fourth-order valence-electron chi connectivity index (χ4n) is 1.86. The van der Waals surface area contributed by atoms with Crippen LogP contribution < -0.4 is 4.74 Å². The van der Waals surface area contributed by atoms with Gasteiger partial charge in [0, 0.05) is 23.3 Å². The molecule has 2 rings (SSSR count). The molecule has 0 amide bonds. The van der Waals surface area contributed by atoms with Gasteiger partial charge in [-0.2, -0.15) is 27.3 Å². The Labute approximate surface area is 121 Å². The fourth-order valence-corrected chi connectivity index (χ4v) is 1.86. The van der Waals surface area contributed by atoms with E-state index in [0.717, 1.165) is 6.07 Å². The maximum atomic E-state index is 12.7. The van der Waals surface area contributed by atoms with Gasteiger partial charge in [-0.25, -0.2) is 0 Å². The molecule has 118 valence electrons. The fraction of sp³-hybridized carbons (Fsp3) is 0.250. The van der Waals surface area contributed by atoms with E-state index in [9.17, 15) is 27.7 Å². The van der Waals surface area contributed by atoms with Gasteiger partial charge in [-0.3, -0.25) is 10.1 Å². The van der Waals surface area contributed by atoms with Crippen molar-refractivity contribution in [3.05, 3.63) is 39.9 Å². The number of aromatic nitrogens is 2. The van der Waals surface area contributed by atoms with Gasteiger partial charge in [0.25, 0.3) is 5.69 Å². The van der Waals surface area contributed by atoms with Gasteiger partial charge in [-0.15, -0.1) is 0 Å². The summed E-state index contributed by atoms with van der Waals surface area (Å²) >= 11 is 0. The van der Waals surface area contributed by atoms with Gasteiger partial charge < -0.3 is 4.74 Å². The first kappa shape index (κ1) is 15.7. The van der Waals surface area contributed by atoms with Gasteiger partial charge in [-0.05, 0) is 19.1 Å². The van der Waals surface area contributed by atoms with Crippen molar-refractivity contribution in [2.75, 3.05) is 0 Å². The van der Waals surface area contributed by atoms with Crippen molar-refractivity contribution in [2.45, 2.75) is 20.1 Å². The van der Waals surface area contributed by atoms with Gasteiger partial charge in [-0.1, -0.05) is 0 Å². The van der Waals surface area contributed by atoms with Crippen LogP contribution in [0.3, 0.4) is 0 Å². The van der Waals surface area contributed by atoms with Crippen molar-refractivity contribution >= 4 is 5.69 Å². The maximum Gasteiger partial charge on any atom is 0.388 e. The molecule has 6 nitrogen and oxygen atoms in total. The van der Waals surface area contributed by atoms with Crippen LogP contribution in [0.1, 0.15) is 12.1 Å². The summed E-state index contributed by atoms with van der Waals surface area (Å²) in [6.45, 7) is -4.98. The number of nitro benzene ring substituents is 1. The lowest BCUT2D eigenvalue weighted by Crippen LogP contribution is -2.09. The third-order valence-electron chi connectivity index (χ3n) is 2.79. The quantitative estimate of drug-likeness (QED) is 0.478. The van der Waals surface area contributed by atoms with Crippen LogP contribution in [0.15, 0.2) is 24.3 Å². The molecule has 0 atom stereocenters. The highest BCUT2D eigenvalue weighted by atomic mass is 19.3. The Morgan fingerprint density at radius 2 is 1.95 bits per heavy atom. The third kappa shape index (κ3) is 3.15. The number of alkyl halides is 4. The number of hydrogen-bond donors (Lipinski definition) is 0. The van der Waals surface area contributed by atoms with E-state index in [1.807, 2.05) is 0 Å². The smallest absolute Gasteiger partial charge is 0.388 e. The highest BCUT2D eigenvalue weighted by molar-refractivity contribution is 5.64. The molecular weight excluding hydrogens is 310 g/mol. The normalized spacial score (nSPS) is 11.2. The second-order valence-electron chi connectivity index (χ2n) is 4.23. The Morgan fingerprint density at radius 1 is 1.27 bits per heavy atom. The number of benzene rings is 1. The summed E-state index contributed by atoms with van der Waals surface area (Å²) in [5.74, 6) is -0.795. The van der Waals surface area contributed by atoms with E-state index in [1.165, 1.54) is 25.1 Å². The Morgan fingerprint density at radius 3 is 2.45 bits per heavy atom. The van der Waals surface area contributed by atoms with Crippen molar-refractivity contribution in [3.8, 4) is 17.1 Å². The van der Waals surface area contributed by atoms with Gasteiger partial charge in [0.2, 0.25) is 5.88 Å². The number of rotatable bonds is 5. The molecule has 0 aliphatic rings. The van der Waals surface area contributed by atoms with Crippen LogP contribution in [0.4, 0.5) is 23.2 Å². The van der Waals surface area contributed by atoms with E-state index in [-0.39, 0.29) is 27.2 Å². The van der Waals surface area contributed by atoms with Crippen LogP contribution in [0.2, 0.25) is 0 Å². The van der Waals surface area contributed by atoms with E-state index >= 15 is 0 Å². The number of halogens is 4. The molecule has 0 radical (unpaired) electrons. The second kappa shape index (κ2) is 6.00. The topological polar surface area (TPSA) is 70.2 Å². The van der Waals surface area contributed by atoms with Gasteiger partial charge in [0.1, 0.15) is 0 Å². The molecule has 22 heavy (non-hydrogen) atoms. The molecule has 1 aromatic heterocycles. The highest BCUT2D eigenvalue weighted by Gasteiger charge is 2.21. The predicted molar refractivity (Wildman–Crippen MR) is 66.9 cm³/mol. The Balaban J connectivity index is 2.44. The van der Waals surface area contributed by atoms with Crippen LogP contribution in [0, 0.1) is 17.0 Å². The molecule has 0 saturated heterocycles. The largest absolute Gasteiger partial charge is 0.417 e. The van der Waals surface area contributed by atoms with Crippen LogP contribution >= 0.6 is 0 Å². The second-order valence-corrected chi connectivity index (χ2v) is 4.23. The first-order chi connectivity index (χ1) is 10.3. The first-order valence-electron chi connectivity index (χ1n) is 5.87. The average Bonchev–Trinajstić information content (AvgIpc) is 2.81. The summed E-state index contributed by atoms with van der Waals surface area (Å²) in [6.07, 6.45) is 0. The van der Waals surface area contributed by atoms with E-state index in [2.05, 4.69) is 9.84 Å². The van der Waals surface area contributed by atoms with Crippen molar-refractivity contribution < 1.29 is 27.2 Å². The standard InChI is InChI=1S/C12H9F4N3O3/c1-6-4-7(2-3-9(6)19(20)21)8-5-10(22-12(15)16)18(17-8)11(13)14/h2-5,11-12H,1H3. The number of aryl methyl sites for hydroxylation is 1. The van der Waals surface area contributed by atoms with Gasteiger partial charge in [0.15, 0.2) is 0 Å². The van der Waals surface area contributed by atoms with Crippen molar-refractivity contribution in [2.24, 2.45) is 0 Å².